The van der Waals surface area contributed by atoms with Crippen molar-refractivity contribution < 1.29 is 14.6 Å². The van der Waals surface area contributed by atoms with E-state index in [1.807, 2.05) is 12.1 Å². The summed E-state index contributed by atoms with van der Waals surface area (Å²) in [5.41, 5.74) is 6.81. The van der Waals surface area contributed by atoms with Gasteiger partial charge in [0.05, 0.1) is 12.6 Å². The molecule has 0 fully saturated rings. The van der Waals surface area contributed by atoms with Crippen LogP contribution in [0, 0.1) is 0 Å². The summed E-state index contributed by atoms with van der Waals surface area (Å²) in [6.07, 6.45) is -0.110. The number of aliphatic hydroxyl groups is 1. The van der Waals surface area contributed by atoms with Gasteiger partial charge < -0.3 is 20.9 Å². The molecule has 0 saturated carbocycles. The van der Waals surface area contributed by atoms with Gasteiger partial charge in [0.25, 0.3) is 0 Å². The fourth-order valence-electron chi connectivity index (χ4n) is 1.65. The summed E-state index contributed by atoms with van der Waals surface area (Å²) < 4.78 is 6.05. The van der Waals surface area contributed by atoms with Crippen molar-refractivity contribution in [2.45, 2.75) is 38.8 Å². The van der Waals surface area contributed by atoms with E-state index < -0.39 is 17.7 Å². The van der Waals surface area contributed by atoms with Crippen LogP contribution in [-0.4, -0.2) is 29.4 Å². The van der Waals surface area contributed by atoms with Gasteiger partial charge in [0.1, 0.15) is 5.60 Å². The first-order valence-corrected chi connectivity index (χ1v) is 7.15. The van der Waals surface area contributed by atoms with Crippen molar-refractivity contribution in [1.29, 1.82) is 0 Å². The minimum absolute atomic E-state index is 0.186. The Morgan fingerprint density at radius 2 is 2.15 bits per heavy atom. The summed E-state index contributed by atoms with van der Waals surface area (Å²) in [5, 5.41) is 12.0. The fourth-order valence-corrected chi connectivity index (χ4v) is 2.03. The Morgan fingerprint density at radius 1 is 1.50 bits per heavy atom. The Labute approximate surface area is 127 Å². The van der Waals surface area contributed by atoms with Crippen LogP contribution in [0.15, 0.2) is 22.7 Å². The number of hydrogen-bond donors (Lipinski definition) is 3. The zero-order valence-corrected chi connectivity index (χ0v) is 13.5. The van der Waals surface area contributed by atoms with Crippen molar-refractivity contribution in [2.75, 3.05) is 12.3 Å². The number of nitrogens with one attached hydrogen (secondary N) is 1. The van der Waals surface area contributed by atoms with Gasteiger partial charge in [-0.15, -0.1) is 0 Å². The van der Waals surface area contributed by atoms with Crippen LogP contribution >= 0.6 is 15.9 Å². The van der Waals surface area contributed by atoms with E-state index in [0.29, 0.717) is 12.1 Å². The summed E-state index contributed by atoms with van der Waals surface area (Å²) in [7, 11) is 0. The number of rotatable bonds is 4. The van der Waals surface area contributed by atoms with Crippen molar-refractivity contribution in [2.24, 2.45) is 0 Å². The molecule has 0 bridgehead atoms. The molecular formula is C14H21BrN2O3. The summed E-state index contributed by atoms with van der Waals surface area (Å²) in [6, 6.07) is 5.08. The van der Waals surface area contributed by atoms with Crippen LogP contribution in [0.1, 0.15) is 26.3 Å². The Bertz CT molecular complexity index is 472. The second kappa shape index (κ2) is 6.95. The molecule has 6 heteroatoms. The molecule has 1 amide bonds. The van der Waals surface area contributed by atoms with Crippen LogP contribution in [0.4, 0.5) is 10.5 Å². The number of hydrogen-bond acceptors (Lipinski definition) is 4. The van der Waals surface area contributed by atoms with E-state index >= 15 is 0 Å². The molecule has 20 heavy (non-hydrogen) atoms. The van der Waals surface area contributed by atoms with E-state index in [4.69, 9.17) is 10.5 Å². The van der Waals surface area contributed by atoms with Gasteiger partial charge >= 0.3 is 6.09 Å². The number of ether oxygens (including phenoxy) is 1. The predicted molar refractivity (Wildman–Crippen MR) is 82.5 cm³/mol. The third kappa shape index (κ3) is 5.79. The lowest BCUT2D eigenvalue weighted by Crippen LogP contribution is -2.42. The smallest absolute Gasteiger partial charge is 0.407 e. The van der Waals surface area contributed by atoms with E-state index in [0.717, 1.165) is 10.0 Å². The highest BCUT2D eigenvalue weighted by molar-refractivity contribution is 9.10. The van der Waals surface area contributed by atoms with Gasteiger partial charge in [-0.3, -0.25) is 0 Å². The number of anilines is 1. The van der Waals surface area contributed by atoms with Crippen LogP contribution in [0.5, 0.6) is 0 Å². The largest absolute Gasteiger partial charge is 0.444 e. The normalized spacial score (nSPS) is 12.8. The molecule has 0 aliphatic carbocycles. The van der Waals surface area contributed by atoms with Gasteiger partial charge in [-0.2, -0.15) is 0 Å². The lowest BCUT2D eigenvalue weighted by atomic mass is 10.0. The van der Waals surface area contributed by atoms with Crippen LogP contribution in [0.25, 0.3) is 0 Å². The van der Waals surface area contributed by atoms with Crippen LogP contribution in [0.3, 0.4) is 0 Å². The summed E-state index contributed by atoms with van der Waals surface area (Å²) >= 11 is 3.33. The number of carbonyl (C=O) groups is 1. The third-order valence-corrected chi connectivity index (χ3v) is 3.01. The van der Waals surface area contributed by atoms with E-state index in [9.17, 15) is 9.90 Å². The highest BCUT2D eigenvalue weighted by Crippen LogP contribution is 2.20. The summed E-state index contributed by atoms with van der Waals surface area (Å²) in [6.45, 7) is 5.17. The standard InChI is InChI=1S/C14H21BrN2O3/c1-14(2,3)20-13(19)17-11(8-18)6-9-4-5-10(15)7-12(9)16/h4-5,7,11,18H,6,8,16H2,1-3H3,(H,17,19). The average molecular weight is 345 g/mol. The van der Waals surface area contributed by atoms with E-state index in [1.165, 1.54) is 0 Å². The van der Waals surface area contributed by atoms with Gasteiger partial charge in [0, 0.05) is 10.2 Å². The van der Waals surface area contributed by atoms with Crippen molar-refractivity contribution in [1.82, 2.24) is 5.32 Å². The average Bonchev–Trinajstić information content (AvgIpc) is 2.29. The molecule has 0 aromatic heterocycles. The molecule has 0 aliphatic heterocycles. The lowest BCUT2D eigenvalue weighted by Gasteiger charge is -2.23. The topological polar surface area (TPSA) is 84.6 Å². The Hall–Kier alpha value is -1.27. The van der Waals surface area contributed by atoms with Gasteiger partial charge in [-0.05, 0) is 44.9 Å². The summed E-state index contributed by atoms with van der Waals surface area (Å²) in [5.74, 6) is 0. The van der Waals surface area contributed by atoms with Gasteiger partial charge in [-0.1, -0.05) is 22.0 Å². The van der Waals surface area contributed by atoms with Crippen LogP contribution < -0.4 is 11.1 Å². The van der Waals surface area contributed by atoms with Gasteiger partial charge in [0.2, 0.25) is 0 Å². The molecule has 0 radical (unpaired) electrons. The highest BCUT2D eigenvalue weighted by Gasteiger charge is 2.19. The third-order valence-electron chi connectivity index (χ3n) is 2.52. The lowest BCUT2D eigenvalue weighted by molar-refractivity contribution is 0.0483. The van der Waals surface area contributed by atoms with E-state index in [1.54, 1.807) is 26.8 Å². The molecule has 1 unspecified atom stereocenters. The first-order chi connectivity index (χ1) is 9.21. The second-order valence-corrected chi connectivity index (χ2v) is 6.49. The van der Waals surface area contributed by atoms with Crippen molar-refractivity contribution in [3.8, 4) is 0 Å². The van der Waals surface area contributed by atoms with E-state index in [2.05, 4.69) is 21.2 Å². The molecule has 0 heterocycles. The molecule has 1 rings (SSSR count). The minimum Gasteiger partial charge on any atom is -0.444 e. The molecular weight excluding hydrogens is 324 g/mol. The molecule has 1 aromatic rings. The van der Waals surface area contributed by atoms with Crippen LogP contribution in [0.2, 0.25) is 0 Å². The highest BCUT2D eigenvalue weighted by atomic mass is 79.9. The Kier molecular flexibility index (Phi) is 5.83. The number of nitrogen functional groups attached to an aromatic ring is 1. The number of nitrogens with two attached hydrogens (primary N) is 1. The van der Waals surface area contributed by atoms with Crippen molar-refractivity contribution in [3.05, 3.63) is 28.2 Å². The molecule has 0 saturated heterocycles. The second-order valence-electron chi connectivity index (χ2n) is 5.57. The maximum absolute atomic E-state index is 11.7. The predicted octanol–water partition coefficient (Wildman–Crippen LogP) is 2.46. The monoisotopic (exact) mass is 344 g/mol. The quantitative estimate of drug-likeness (QED) is 0.732. The molecule has 112 valence electrons. The van der Waals surface area contributed by atoms with Gasteiger partial charge in [-0.25, -0.2) is 4.79 Å². The fraction of sp³-hybridized carbons (Fsp3) is 0.500. The number of amides is 1. The molecule has 1 aromatic carbocycles. The molecule has 0 aliphatic rings. The molecule has 5 nitrogen and oxygen atoms in total. The molecule has 1 atom stereocenters. The van der Waals surface area contributed by atoms with Crippen LogP contribution in [-0.2, 0) is 11.2 Å². The first-order valence-electron chi connectivity index (χ1n) is 6.35. The zero-order valence-electron chi connectivity index (χ0n) is 11.9. The first kappa shape index (κ1) is 16.8. The number of aliphatic hydroxyl groups excluding tert-OH is 1. The number of halogens is 1. The van der Waals surface area contributed by atoms with Gasteiger partial charge in [0.15, 0.2) is 0 Å². The Morgan fingerprint density at radius 3 is 2.65 bits per heavy atom. The molecule has 4 N–H and O–H groups in total. The maximum Gasteiger partial charge on any atom is 0.407 e. The van der Waals surface area contributed by atoms with Crippen molar-refractivity contribution in [3.63, 3.8) is 0 Å². The summed E-state index contributed by atoms with van der Waals surface area (Å²) in [4.78, 5) is 11.7. The number of alkyl carbamates (subject to hydrolysis) is 1. The Balaban J connectivity index is 2.65. The molecule has 0 spiro atoms. The van der Waals surface area contributed by atoms with E-state index in [-0.39, 0.29) is 6.61 Å². The minimum atomic E-state index is -0.569. The number of benzene rings is 1. The van der Waals surface area contributed by atoms with Crippen molar-refractivity contribution >= 4 is 27.7 Å². The number of carbonyl (C=O) groups excluding carboxylic acids is 1. The zero-order chi connectivity index (χ0) is 15.3. The SMILES string of the molecule is CC(C)(C)OC(=O)NC(CO)Cc1ccc(Br)cc1N. The maximum atomic E-state index is 11.7.